The van der Waals surface area contributed by atoms with Gasteiger partial charge in [-0.2, -0.15) is 0 Å². The maximum Gasteiger partial charge on any atom is 0.267 e. The zero-order valence-corrected chi connectivity index (χ0v) is 9.82. The summed E-state index contributed by atoms with van der Waals surface area (Å²) in [7, 11) is 0. The highest BCUT2D eigenvalue weighted by molar-refractivity contribution is 6.41. The minimum absolute atomic E-state index is 0.0325. The van der Waals surface area contributed by atoms with Gasteiger partial charge in [-0.15, -0.1) is 0 Å². The second-order valence-corrected chi connectivity index (χ2v) is 4.01. The van der Waals surface area contributed by atoms with Crippen LogP contribution in [0.15, 0.2) is 6.07 Å². The molecule has 0 aliphatic heterocycles. The highest BCUT2D eigenvalue weighted by Gasteiger charge is 2.11. The molecule has 6 heteroatoms. The van der Waals surface area contributed by atoms with Gasteiger partial charge >= 0.3 is 0 Å². The van der Waals surface area contributed by atoms with Gasteiger partial charge < -0.3 is 16.0 Å². The molecule has 1 heterocycles. The van der Waals surface area contributed by atoms with E-state index in [0.717, 1.165) is 6.42 Å². The fourth-order valence-corrected chi connectivity index (χ4v) is 1.30. The van der Waals surface area contributed by atoms with Crippen LogP contribution in [0.5, 0.6) is 0 Å². The Hall–Kier alpha value is -0.710. The van der Waals surface area contributed by atoms with Crippen LogP contribution in [0.1, 0.15) is 23.8 Å². The van der Waals surface area contributed by atoms with Crippen molar-refractivity contribution in [2.75, 3.05) is 6.54 Å². The van der Waals surface area contributed by atoms with Gasteiger partial charge in [0.2, 0.25) is 0 Å². The highest BCUT2D eigenvalue weighted by Crippen LogP contribution is 2.21. The Morgan fingerprint density at radius 2 is 2.33 bits per heavy atom. The zero-order chi connectivity index (χ0) is 11.4. The highest BCUT2D eigenvalue weighted by atomic mass is 35.5. The van der Waals surface area contributed by atoms with E-state index in [0.29, 0.717) is 17.3 Å². The molecule has 0 fully saturated rings. The summed E-state index contributed by atoms with van der Waals surface area (Å²) in [4.78, 5) is 14.2. The molecule has 0 aromatic carbocycles. The van der Waals surface area contributed by atoms with Crippen molar-refractivity contribution in [2.24, 2.45) is 5.73 Å². The minimum atomic E-state index is -0.257. The van der Waals surface area contributed by atoms with Crippen molar-refractivity contribution in [1.29, 1.82) is 0 Å². The van der Waals surface area contributed by atoms with Gasteiger partial charge in [-0.1, -0.05) is 30.1 Å². The van der Waals surface area contributed by atoms with Gasteiger partial charge in [0.1, 0.15) is 10.8 Å². The molecule has 4 N–H and O–H groups in total. The van der Waals surface area contributed by atoms with E-state index in [1.165, 1.54) is 6.07 Å². The number of hydrogen-bond acceptors (Lipinski definition) is 2. The smallest absolute Gasteiger partial charge is 0.267 e. The maximum atomic E-state index is 11.5. The summed E-state index contributed by atoms with van der Waals surface area (Å²) in [5.74, 6) is -0.257. The molecule has 0 aliphatic rings. The number of carbonyl (C=O) groups excluding carboxylic acids is 1. The molecule has 1 rings (SSSR count). The Kier molecular flexibility index (Phi) is 4.45. The summed E-state index contributed by atoms with van der Waals surface area (Å²) in [6.45, 7) is 2.39. The first-order chi connectivity index (χ1) is 7.04. The lowest BCUT2D eigenvalue weighted by Crippen LogP contribution is -2.36. The van der Waals surface area contributed by atoms with Crippen LogP contribution in [0.3, 0.4) is 0 Å². The molecule has 15 heavy (non-hydrogen) atoms. The Labute approximate surface area is 98.1 Å². The van der Waals surface area contributed by atoms with Crippen LogP contribution in [0.4, 0.5) is 0 Å². The van der Waals surface area contributed by atoms with Gasteiger partial charge in [-0.25, -0.2) is 0 Å². The van der Waals surface area contributed by atoms with E-state index in [4.69, 9.17) is 28.9 Å². The molecular weight excluding hydrogens is 237 g/mol. The van der Waals surface area contributed by atoms with Crippen LogP contribution in [0.2, 0.25) is 10.2 Å². The predicted octanol–water partition coefficient (Wildman–Crippen LogP) is 1.79. The van der Waals surface area contributed by atoms with Crippen molar-refractivity contribution < 1.29 is 4.79 Å². The second-order valence-electron chi connectivity index (χ2n) is 3.22. The van der Waals surface area contributed by atoms with Crippen LogP contribution < -0.4 is 11.1 Å². The summed E-state index contributed by atoms with van der Waals surface area (Å²) < 4.78 is 0. The lowest BCUT2D eigenvalue weighted by atomic mass is 10.2. The molecule has 1 amide bonds. The summed E-state index contributed by atoms with van der Waals surface area (Å²) >= 11 is 11.4. The molecule has 1 aromatic heterocycles. The third-order valence-electron chi connectivity index (χ3n) is 2.02. The van der Waals surface area contributed by atoms with E-state index in [9.17, 15) is 4.79 Å². The van der Waals surface area contributed by atoms with Crippen molar-refractivity contribution in [1.82, 2.24) is 10.3 Å². The number of aromatic amines is 1. The quantitative estimate of drug-likeness (QED) is 0.762. The van der Waals surface area contributed by atoms with E-state index < -0.39 is 0 Å². The summed E-state index contributed by atoms with van der Waals surface area (Å²) in [5.41, 5.74) is 6.00. The first-order valence-electron chi connectivity index (χ1n) is 4.62. The van der Waals surface area contributed by atoms with E-state index >= 15 is 0 Å². The number of amides is 1. The average molecular weight is 250 g/mol. The number of rotatable bonds is 4. The predicted molar refractivity (Wildman–Crippen MR) is 61.4 cm³/mol. The fourth-order valence-electron chi connectivity index (χ4n) is 0.990. The normalized spacial score (nSPS) is 12.5. The molecule has 0 aliphatic carbocycles. The maximum absolute atomic E-state index is 11.5. The fraction of sp³-hybridized carbons (Fsp3) is 0.444. The molecule has 4 nitrogen and oxygen atoms in total. The van der Waals surface area contributed by atoms with Gasteiger partial charge in [0, 0.05) is 12.6 Å². The molecule has 1 aromatic rings. The number of nitrogens with two attached hydrogens (primary N) is 1. The number of aromatic nitrogens is 1. The van der Waals surface area contributed by atoms with Gasteiger partial charge in [0.05, 0.1) is 5.02 Å². The average Bonchev–Trinajstić information content (AvgIpc) is 2.55. The number of nitrogens with one attached hydrogen (secondary N) is 2. The molecule has 0 saturated heterocycles. The Balaban J connectivity index is 2.54. The molecule has 84 valence electrons. The van der Waals surface area contributed by atoms with Gasteiger partial charge in [-0.05, 0) is 12.5 Å². The molecule has 0 bridgehead atoms. The van der Waals surface area contributed by atoms with Crippen molar-refractivity contribution in [3.63, 3.8) is 0 Å². The molecule has 1 unspecified atom stereocenters. The van der Waals surface area contributed by atoms with Crippen LogP contribution in [0, 0.1) is 0 Å². The number of hydrogen-bond donors (Lipinski definition) is 3. The zero-order valence-electron chi connectivity index (χ0n) is 8.31. The first-order valence-corrected chi connectivity index (χ1v) is 5.38. The van der Waals surface area contributed by atoms with E-state index in [2.05, 4.69) is 10.3 Å². The van der Waals surface area contributed by atoms with Crippen LogP contribution in [0.25, 0.3) is 0 Å². The summed E-state index contributed by atoms with van der Waals surface area (Å²) in [5, 5.41) is 3.28. The monoisotopic (exact) mass is 249 g/mol. The Morgan fingerprint density at radius 1 is 1.67 bits per heavy atom. The third kappa shape index (κ3) is 3.41. The van der Waals surface area contributed by atoms with Crippen molar-refractivity contribution in [3.05, 3.63) is 21.9 Å². The molecule has 1 atom stereocenters. The lowest BCUT2D eigenvalue weighted by Gasteiger charge is -2.09. The van der Waals surface area contributed by atoms with Gasteiger partial charge in [0.25, 0.3) is 5.91 Å². The molecule has 0 radical (unpaired) electrons. The summed E-state index contributed by atoms with van der Waals surface area (Å²) in [6, 6.07) is 1.45. The van der Waals surface area contributed by atoms with Gasteiger partial charge in [0.15, 0.2) is 0 Å². The van der Waals surface area contributed by atoms with Crippen LogP contribution in [-0.2, 0) is 0 Å². The molecule has 0 saturated carbocycles. The number of carbonyl (C=O) groups is 1. The third-order valence-corrected chi connectivity index (χ3v) is 2.71. The number of H-pyrrole nitrogens is 1. The van der Waals surface area contributed by atoms with Crippen molar-refractivity contribution >= 4 is 29.1 Å². The molecular formula is C9H13Cl2N3O. The second kappa shape index (κ2) is 5.39. The number of halogens is 2. The summed E-state index contributed by atoms with van der Waals surface area (Å²) in [6.07, 6.45) is 0.812. The van der Waals surface area contributed by atoms with Gasteiger partial charge in [-0.3, -0.25) is 4.79 Å². The Morgan fingerprint density at radius 3 is 2.80 bits per heavy atom. The van der Waals surface area contributed by atoms with E-state index in [1.807, 2.05) is 6.92 Å². The minimum Gasteiger partial charge on any atom is -0.349 e. The van der Waals surface area contributed by atoms with Crippen molar-refractivity contribution in [3.8, 4) is 0 Å². The Bertz CT molecular complexity index is 332. The largest absolute Gasteiger partial charge is 0.349 e. The lowest BCUT2D eigenvalue weighted by molar-refractivity contribution is 0.0946. The van der Waals surface area contributed by atoms with E-state index in [1.54, 1.807) is 0 Å². The van der Waals surface area contributed by atoms with Crippen LogP contribution in [-0.4, -0.2) is 23.5 Å². The van der Waals surface area contributed by atoms with Crippen LogP contribution >= 0.6 is 23.2 Å². The first kappa shape index (κ1) is 12.4. The standard InChI is InChI=1S/C9H13Cl2N3O/c1-2-5(12)4-13-9(15)7-3-6(10)8(11)14-7/h3,5,14H,2,4,12H2,1H3,(H,13,15). The van der Waals surface area contributed by atoms with Crippen molar-refractivity contribution in [2.45, 2.75) is 19.4 Å². The van der Waals surface area contributed by atoms with E-state index in [-0.39, 0.29) is 17.1 Å². The SMILES string of the molecule is CCC(N)CNC(=O)c1cc(Cl)c(Cl)[nH]1. The topological polar surface area (TPSA) is 70.9 Å². The molecule has 0 spiro atoms.